The minimum Gasteiger partial charge on any atom is -0.376 e. The van der Waals surface area contributed by atoms with E-state index >= 15 is 0 Å². The van der Waals surface area contributed by atoms with Crippen LogP contribution in [0, 0.1) is 17.6 Å². The molecule has 0 amide bonds. The fourth-order valence-electron chi connectivity index (χ4n) is 3.44. The zero-order valence-electron chi connectivity index (χ0n) is 17.7. The Bertz CT molecular complexity index is 1180. The Kier molecular flexibility index (Phi) is 7.39. The van der Waals surface area contributed by atoms with Crippen molar-refractivity contribution in [3.05, 3.63) is 76.6 Å². The molecular weight excluding hydrogens is 437 g/mol. The number of hydrogen-bond donors (Lipinski definition) is 1. The predicted octanol–water partition coefficient (Wildman–Crippen LogP) is 3.71. The molecule has 0 saturated carbocycles. The molecule has 2 N–H and O–H groups in total. The van der Waals surface area contributed by atoms with Crippen LogP contribution in [0.15, 0.2) is 64.8 Å². The zero-order chi connectivity index (χ0) is 23.3. The standard InChI is InChI=1S/C22H24FN3O5S/c1-15-20(21(24)14-30-11-12-31-25-27)13-22(26(15)18-7-5-17(23)6-8-18)16-3-9-19(10-4-16)32(2,28)29/h3-10,13,21H,11-12,14,24H2,1-2H3. The van der Waals surface area contributed by atoms with Crippen molar-refractivity contribution in [1.82, 2.24) is 4.57 Å². The van der Waals surface area contributed by atoms with Gasteiger partial charge in [-0.1, -0.05) is 12.1 Å². The van der Waals surface area contributed by atoms with Crippen LogP contribution in [0.1, 0.15) is 17.3 Å². The molecule has 2 aromatic carbocycles. The van der Waals surface area contributed by atoms with Crippen LogP contribution in [0.3, 0.4) is 0 Å². The topological polar surface area (TPSA) is 113 Å². The molecule has 10 heteroatoms. The lowest BCUT2D eigenvalue weighted by atomic mass is 10.1. The summed E-state index contributed by atoms with van der Waals surface area (Å²) in [6.07, 6.45) is 1.15. The Morgan fingerprint density at radius 1 is 1.09 bits per heavy atom. The number of hydrogen-bond acceptors (Lipinski definition) is 7. The third-order valence-corrected chi connectivity index (χ3v) is 6.15. The average Bonchev–Trinajstić information content (AvgIpc) is 3.11. The first-order chi connectivity index (χ1) is 15.2. The lowest BCUT2D eigenvalue weighted by Gasteiger charge is -2.15. The van der Waals surface area contributed by atoms with Crippen molar-refractivity contribution < 1.29 is 22.4 Å². The maximum absolute atomic E-state index is 13.5. The van der Waals surface area contributed by atoms with Crippen LogP contribution in [0.4, 0.5) is 4.39 Å². The molecule has 0 radical (unpaired) electrons. The maximum Gasteiger partial charge on any atom is 0.175 e. The lowest BCUT2D eigenvalue weighted by Crippen LogP contribution is -2.19. The molecule has 0 aliphatic heterocycles. The van der Waals surface area contributed by atoms with E-state index in [1.807, 2.05) is 17.6 Å². The number of benzene rings is 2. The lowest BCUT2D eigenvalue weighted by molar-refractivity contribution is 0.0434. The fourth-order valence-corrected chi connectivity index (χ4v) is 4.07. The summed E-state index contributed by atoms with van der Waals surface area (Å²) < 4.78 is 44.5. The van der Waals surface area contributed by atoms with Crippen molar-refractivity contribution in [2.75, 3.05) is 26.1 Å². The number of ether oxygens (including phenoxy) is 1. The Hall–Kier alpha value is -3.08. The van der Waals surface area contributed by atoms with E-state index in [0.717, 1.165) is 34.5 Å². The second kappa shape index (κ2) is 10.0. The molecule has 3 rings (SSSR count). The first kappa shape index (κ1) is 23.6. The highest BCUT2D eigenvalue weighted by Crippen LogP contribution is 2.32. The van der Waals surface area contributed by atoms with E-state index < -0.39 is 15.9 Å². The highest BCUT2D eigenvalue weighted by atomic mass is 32.2. The van der Waals surface area contributed by atoms with Gasteiger partial charge in [-0.05, 0) is 60.5 Å². The second-order valence-corrected chi connectivity index (χ2v) is 9.28. The molecule has 0 fully saturated rings. The Morgan fingerprint density at radius 3 is 2.34 bits per heavy atom. The number of rotatable bonds is 10. The van der Waals surface area contributed by atoms with Crippen molar-refractivity contribution >= 4 is 9.84 Å². The molecule has 0 aliphatic carbocycles. The van der Waals surface area contributed by atoms with E-state index in [9.17, 15) is 17.7 Å². The SMILES string of the molecule is Cc1c(C(N)COCCON=O)cc(-c2ccc(S(C)(=O)=O)cc2)n1-c1ccc(F)cc1. The highest BCUT2D eigenvalue weighted by Gasteiger charge is 2.20. The molecule has 8 nitrogen and oxygen atoms in total. The number of aromatic nitrogens is 1. The van der Waals surface area contributed by atoms with Gasteiger partial charge in [-0.3, -0.25) is 0 Å². The number of sulfone groups is 1. The molecule has 1 atom stereocenters. The summed E-state index contributed by atoms with van der Waals surface area (Å²) in [5.74, 6) is -0.352. The van der Waals surface area contributed by atoms with Crippen LogP contribution in [-0.2, 0) is 19.4 Å². The van der Waals surface area contributed by atoms with Crippen LogP contribution < -0.4 is 5.73 Å². The van der Waals surface area contributed by atoms with Gasteiger partial charge in [0.1, 0.15) is 12.4 Å². The van der Waals surface area contributed by atoms with Gasteiger partial charge in [0.2, 0.25) is 0 Å². The van der Waals surface area contributed by atoms with Crippen LogP contribution in [0.5, 0.6) is 0 Å². The maximum atomic E-state index is 13.5. The van der Waals surface area contributed by atoms with Crippen LogP contribution in [0.2, 0.25) is 0 Å². The smallest absolute Gasteiger partial charge is 0.175 e. The van der Waals surface area contributed by atoms with Crippen LogP contribution in [-0.4, -0.2) is 39.1 Å². The van der Waals surface area contributed by atoms with E-state index in [-0.39, 0.29) is 30.5 Å². The van der Waals surface area contributed by atoms with Gasteiger partial charge in [-0.25, -0.2) is 12.8 Å². The van der Waals surface area contributed by atoms with Crippen LogP contribution in [0.25, 0.3) is 16.9 Å². The molecule has 0 bridgehead atoms. The van der Waals surface area contributed by atoms with Gasteiger partial charge < -0.3 is 19.9 Å². The normalized spacial score (nSPS) is 12.5. The van der Waals surface area contributed by atoms with Gasteiger partial charge in [-0.2, -0.15) is 0 Å². The van der Waals surface area contributed by atoms with E-state index in [1.165, 1.54) is 12.1 Å². The molecule has 0 aliphatic rings. The van der Waals surface area contributed by atoms with E-state index in [1.54, 1.807) is 36.4 Å². The van der Waals surface area contributed by atoms with Gasteiger partial charge in [0.25, 0.3) is 0 Å². The van der Waals surface area contributed by atoms with Gasteiger partial charge in [0.05, 0.1) is 29.8 Å². The summed E-state index contributed by atoms with van der Waals surface area (Å²) in [6, 6.07) is 14.0. The fraction of sp³-hybridized carbons (Fsp3) is 0.273. The van der Waals surface area contributed by atoms with Gasteiger partial charge >= 0.3 is 0 Å². The van der Waals surface area contributed by atoms with Crippen molar-refractivity contribution in [3.63, 3.8) is 0 Å². The summed E-state index contributed by atoms with van der Waals surface area (Å²) in [5, 5.41) is 2.31. The molecule has 32 heavy (non-hydrogen) atoms. The predicted molar refractivity (Wildman–Crippen MR) is 119 cm³/mol. The second-order valence-electron chi connectivity index (χ2n) is 7.27. The zero-order valence-corrected chi connectivity index (χ0v) is 18.5. The molecule has 0 saturated heterocycles. The number of nitrogens with two attached hydrogens (primary N) is 1. The summed E-state index contributed by atoms with van der Waals surface area (Å²) in [6.45, 7) is 2.27. The van der Waals surface area contributed by atoms with Gasteiger partial charge in [-0.15, -0.1) is 4.91 Å². The molecule has 170 valence electrons. The van der Waals surface area contributed by atoms with E-state index in [2.05, 4.69) is 10.2 Å². The average molecular weight is 462 g/mol. The van der Waals surface area contributed by atoms with E-state index in [4.69, 9.17) is 10.5 Å². The monoisotopic (exact) mass is 461 g/mol. The summed E-state index contributed by atoms with van der Waals surface area (Å²) in [7, 11) is -3.32. The number of nitrogens with zero attached hydrogens (tertiary/aromatic N) is 2. The molecule has 1 heterocycles. The van der Waals surface area contributed by atoms with Crippen molar-refractivity contribution in [2.24, 2.45) is 11.1 Å². The molecule has 1 unspecified atom stereocenters. The van der Waals surface area contributed by atoms with Crippen molar-refractivity contribution in [3.8, 4) is 16.9 Å². The molecule has 1 aromatic heterocycles. The molecule has 3 aromatic rings. The Labute approximate surface area is 185 Å². The minimum absolute atomic E-state index is 0.0315. The van der Waals surface area contributed by atoms with Gasteiger partial charge in [0, 0.05) is 17.6 Å². The summed E-state index contributed by atoms with van der Waals surface area (Å²) in [4.78, 5) is 14.5. The first-order valence-electron chi connectivity index (χ1n) is 9.79. The summed E-state index contributed by atoms with van der Waals surface area (Å²) >= 11 is 0. The van der Waals surface area contributed by atoms with E-state index in [0.29, 0.717) is 0 Å². The Morgan fingerprint density at radius 2 is 1.75 bits per heavy atom. The number of halogens is 1. The minimum atomic E-state index is -3.32. The summed E-state index contributed by atoms with van der Waals surface area (Å²) in [5.41, 5.74) is 10.3. The molecule has 0 spiro atoms. The van der Waals surface area contributed by atoms with Crippen LogP contribution >= 0.6 is 0 Å². The third kappa shape index (κ3) is 5.39. The quantitative estimate of drug-likeness (QED) is 0.280. The largest absolute Gasteiger partial charge is 0.376 e. The van der Waals surface area contributed by atoms with Crippen molar-refractivity contribution in [1.29, 1.82) is 0 Å². The third-order valence-electron chi connectivity index (χ3n) is 5.02. The van der Waals surface area contributed by atoms with Gasteiger partial charge in [0.15, 0.2) is 15.2 Å². The molecular formula is C22H24FN3O5S. The Balaban J connectivity index is 2.00. The van der Waals surface area contributed by atoms with Crippen molar-refractivity contribution in [2.45, 2.75) is 17.9 Å². The highest BCUT2D eigenvalue weighted by molar-refractivity contribution is 7.90. The first-order valence-corrected chi connectivity index (χ1v) is 11.7.